The fourth-order valence-corrected chi connectivity index (χ4v) is 0.764. The molecule has 0 spiro atoms. The van der Waals surface area contributed by atoms with E-state index in [0.717, 1.165) is 11.5 Å². The number of hydrogen-bond acceptors (Lipinski definition) is 1. The molecule has 0 atom stereocenters. The van der Waals surface area contributed by atoms with Crippen molar-refractivity contribution in [2.45, 2.75) is 40.5 Å². The molecule has 1 heteroatoms. The SMILES string of the molecule is CC.Cc1ccc(C(C)C)o1. The van der Waals surface area contributed by atoms with Crippen LogP contribution in [0.5, 0.6) is 0 Å². The molecule has 0 N–H and O–H groups in total. The Morgan fingerprint density at radius 2 is 1.73 bits per heavy atom. The third kappa shape index (κ3) is 3.26. The quantitative estimate of drug-likeness (QED) is 0.600. The van der Waals surface area contributed by atoms with Gasteiger partial charge in [-0.1, -0.05) is 27.7 Å². The monoisotopic (exact) mass is 154 g/mol. The molecule has 0 radical (unpaired) electrons. The van der Waals surface area contributed by atoms with E-state index < -0.39 is 0 Å². The van der Waals surface area contributed by atoms with Crippen LogP contribution in [0.25, 0.3) is 0 Å². The molecular weight excluding hydrogens is 136 g/mol. The normalized spacial score (nSPS) is 9.27. The zero-order chi connectivity index (χ0) is 8.85. The van der Waals surface area contributed by atoms with Crippen LogP contribution < -0.4 is 0 Å². The lowest BCUT2D eigenvalue weighted by molar-refractivity contribution is 0.463. The highest BCUT2D eigenvalue weighted by molar-refractivity contribution is 5.08. The summed E-state index contributed by atoms with van der Waals surface area (Å²) in [4.78, 5) is 0. The van der Waals surface area contributed by atoms with Crippen molar-refractivity contribution in [2.24, 2.45) is 0 Å². The van der Waals surface area contributed by atoms with Crippen molar-refractivity contribution in [2.75, 3.05) is 0 Å². The first kappa shape index (κ1) is 10.3. The lowest BCUT2D eigenvalue weighted by atomic mass is 10.2. The van der Waals surface area contributed by atoms with E-state index in [2.05, 4.69) is 13.8 Å². The molecule has 1 nitrogen and oxygen atoms in total. The minimum Gasteiger partial charge on any atom is -0.466 e. The van der Waals surface area contributed by atoms with Gasteiger partial charge >= 0.3 is 0 Å². The molecule has 0 unspecified atom stereocenters. The Morgan fingerprint density at radius 1 is 1.18 bits per heavy atom. The molecule has 11 heavy (non-hydrogen) atoms. The summed E-state index contributed by atoms with van der Waals surface area (Å²) in [5, 5.41) is 0. The predicted octanol–water partition coefficient (Wildman–Crippen LogP) is 3.74. The Bertz CT molecular complexity index is 187. The summed E-state index contributed by atoms with van der Waals surface area (Å²) in [6, 6.07) is 4.02. The second kappa shape index (κ2) is 5.00. The summed E-state index contributed by atoms with van der Waals surface area (Å²) in [5.74, 6) is 2.59. The standard InChI is InChI=1S/C8H12O.C2H6/c1-6(2)8-5-4-7(3)9-8;1-2/h4-6H,1-3H3;1-2H3. The lowest BCUT2D eigenvalue weighted by Gasteiger charge is -1.96. The van der Waals surface area contributed by atoms with Crippen LogP contribution in [0.2, 0.25) is 0 Å². The summed E-state index contributed by atoms with van der Waals surface area (Å²) in [6.45, 7) is 10.2. The highest BCUT2D eigenvalue weighted by atomic mass is 16.3. The maximum absolute atomic E-state index is 5.34. The van der Waals surface area contributed by atoms with Crippen LogP contribution in [0.3, 0.4) is 0 Å². The Morgan fingerprint density at radius 3 is 1.91 bits per heavy atom. The summed E-state index contributed by atoms with van der Waals surface area (Å²) in [5.41, 5.74) is 0. The molecule has 0 bridgehead atoms. The van der Waals surface area contributed by atoms with Crippen LogP contribution in [0.1, 0.15) is 45.1 Å². The summed E-state index contributed by atoms with van der Waals surface area (Å²) >= 11 is 0. The van der Waals surface area contributed by atoms with E-state index in [-0.39, 0.29) is 0 Å². The largest absolute Gasteiger partial charge is 0.466 e. The van der Waals surface area contributed by atoms with Gasteiger partial charge in [-0.25, -0.2) is 0 Å². The van der Waals surface area contributed by atoms with Crippen molar-refractivity contribution in [3.05, 3.63) is 23.7 Å². The first-order chi connectivity index (χ1) is 5.20. The topological polar surface area (TPSA) is 13.1 Å². The molecule has 0 amide bonds. The van der Waals surface area contributed by atoms with Crippen LogP contribution in [0.4, 0.5) is 0 Å². The zero-order valence-corrected chi connectivity index (χ0v) is 8.14. The third-order valence-corrected chi connectivity index (χ3v) is 1.33. The van der Waals surface area contributed by atoms with E-state index in [9.17, 15) is 0 Å². The Balaban J connectivity index is 0.000000461. The van der Waals surface area contributed by atoms with Crippen LogP contribution in [0.15, 0.2) is 16.5 Å². The van der Waals surface area contributed by atoms with E-state index in [1.165, 1.54) is 0 Å². The molecule has 1 aromatic rings. The molecule has 0 aliphatic heterocycles. The van der Waals surface area contributed by atoms with Crippen LogP contribution in [0, 0.1) is 6.92 Å². The van der Waals surface area contributed by atoms with Gasteiger partial charge in [0.25, 0.3) is 0 Å². The van der Waals surface area contributed by atoms with Gasteiger partial charge in [-0.05, 0) is 19.1 Å². The van der Waals surface area contributed by atoms with Crippen LogP contribution >= 0.6 is 0 Å². The predicted molar refractivity (Wildman–Crippen MR) is 48.9 cm³/mol. The molecule has 1 aromatic heterocycles. The van der Waals surface area contributed by atoms with Gasteiger partial charge in [0.2, 0.25) is 0 Å². The number of aryl methyl sites for hydroxylation is 1. The molecule has 1 rings (SSSR count). The lowest BCUT2D eigenvalue weighted by Crippen LogP contribution is -1.79. The molecule has 64 valence electrons. The fraction of sp³-hybridized carbons (Fsp3) is 0.600. The average Bonchev–Trinajstić information content (AvgIpc) is 2.40. The Hall–Kier alpha value is -0.720. The number of rotatable bonds is 1. The maximum atomic E-state index is 5.34. The van der Waals surface area contributed by atoms with Crippen molar-refractivity contribution in [3.8, 4) is 0 Å². The first-order valence-corrected chi connectivity index (χ1v) is 4.26. The second-order valence-corrected chi connectivity index (χ2v) is 2.60. The Kier molecular flexibility index (Phi) is 4.67. The highest BCUT2D eigenvalue weighted by Crippen LogP contribution is 2.16. The van der Waals surface area contributed by atoms with Crippen LogP contribution in [-0.4, -0.2) is 0 Å². The van der Waals surface area contributed by atoms with E-state index in [1.54, 1.807) is 0 Å². The second-order valence-electron chi connectivity index (χ2n) is 2.60. The van der Waals surface area contributed by atoms with Crippen molar-refractivity contribution in [1.82, 2.24) is 0 Å². The average molecular weight is 154 g/mol. The van der Waals surface area contributed by atoms with E-state index >= 15 is 0 Å². The smallest absolute Gasteiger partial charge is 0.106 e. The van der Waals surface area contributed by atoms with Gasteiger partial charge in [-0.2, -0.15) is 0 Å². The minimum atomic E-state index is 0.513. The summed E-state index contributed by atoms with van der Waals surface area (Å²) < 4.78 is 5.34. The van der Waals surface area contributed by atoms with Crippen molar-refractivity contribution in [1.29, 1.82) is 0 Å². The minimum absolute atomic E-state index is 0.513. The van der Waals surface area contributed by atoms with Gasteiger partial charge in [-0.15, -0.1) is 0 Å². The summed E-state index contributed by atoms with van der Waals surface area (Å²) in [7, 11) is 0. The fourth-order valence-electron chi connectivity index (χ4n) is 0.764. The van der Waals surface area contributed by atoms with Crippen molar-refractivity contribution in [3.63, 3.8) is 0 Å². The molecule has 0 saturated heterocycles. The van der Waals surface area contributed by atoms with Crippen molar-refractivity contribution < 1.29 is 4.42 Å². The Labute approximate surface area is 69.4 Å². The number of hydrogen-bond donors (Lipinski definition) is 0. The van der Waals surface area contributed by atoms with Crippen LogP contribution in [-0.2, 0) is 0 Å². The highest BCUT2D eigenvalue weighted by Gasteiger charge is 2.01. The molecule has 0 aliphatic rings. The van der Waals surface area contributed by atoms with Gasteiger partial charge in [0.15, 0.2) is 0 Å². The molecule has 0 aliphatic carbocycles. The maximum Gasteiger partial charge on any atom is 0.106 e. The van der Waals surface area contributed by atoms with E-state index in [4.69, 9.17) is 4.42 Å². The first-order valence-electron chi connectivity index (χ1n) is 4.26. The molecule has 0 aromatic carbocycles. The summed E-state index contributed by atoms with van der Waals surface area (Å²) in [6.07, 6.45) is 0. The van der Waals surface area contributed by atoms with E-state index in [0.29, 0.717) is 5.92 Å². The van der Waals surface area contributed by atoms with Crippen molar-refractivity contribution >= 4 is 0 Å². The van der Waals surface area contributed by atoms with Gasteiger partial charge in [0.05, 0.1) is 0 Å². The molecule has 0 fully saturated rings. The van der Waals surface area contributed by atoms with Gasteiger partial charge in [-0.3, -0.25) is 0 Å². The molecular formula is C10H18O. The molecule has 1 heterocycles. The van der Waals surface area contributed by atoms with Gasteiger partial charge in [0.1, 0.15) is 11.5 Å². The van der Waals surface area contributed by atoms with Gasteiger partial charge in [0, 0.05) is 5.92 Å². The zero-order valence-electron chi connectivity index (χ0n) is 8.14. The van der Waals surface area contributed by atoms with Gasteiger partial charge < -0.3 is 4.42 Å². The third-order valence-electron chi connectivity index (χ3n) is 1.33. The number of furan rings is 1. The molecule has 0 saturated carbocycles. The van der Waals surface area contributed by atoms with E-state index in [1.807, 2.05) is 32.9 Å².